The van der Waals surface area contributed by atoms with Crippen LogP contribution in [0.4, 0.5) is 5.69 Å². The molecule has 1 saturated heterocycles. The zero-order valence-electron chi connectivity index (χ0n) is 9.21. The van der Waals surface area contributed by atoms with Gasteiger partial charge in [0.1, 0.15) is 6.04 Å². The topological polar surface area (TPSA) is 70.2 Å². The summed E-state index contributed by atoms with van der Waals surface area (Å²) in [6.07, 6.45) is 0.168. The number of nitrogens with one attached hydrogen (secondary N) is 3. The van der Waals surface area contributed by atoms with Crippen LogP contribution in [0.3, 0.4) is 0 Å². The highest BCUT2D eigenvalue weighted by molar-refractivity contribution is 9.10. The molecule has 2 amide bonds. The first-order chi connectivity index (χ1) is 8.06. The van der Waals surface area contributed by atoms with Crippen molar-refractivity contribution < 1.29 is 9.59 Å². The van der Waals surface area contributed by atoms with Gasteiger partial charge in [0.2, 0.25) is 11.8 Å². The highest BCUT2D eigenvalue weighted by atomic mass is 79.9. The summed E-state index contributed by atoms with van der Waals surface area (Å²) in [5.74, 6) is -0.387. The fourth-order valence-electron chi connectivity index (χ4n) is 1.57. The molecule has 90 valence electrons. The van der Waals surface area contributed by atoms with Crippen molar-refractivity contribution in [3.8, 4) is 0 Å². The molecular formula is C11H12BrN3O2. The van der Waals surface area contributed by atoms with Crippen molar-refractivity contribution in [1.29, 1.82) is 0 Å². The third-order valence-electron chi connectivity index (χ3n) is 2.52. The number of hydrogen-bond acceptors (Lipinski definition) is 3. The fourth-order valence-corrected chi connectivity index (χ4v) is 1.81. The lowest BCUT2D eigenvalue weighted by Crippen LogP contribution is -2.39. The third kappa shape index (κ3) is 2.83. The van der Waals surface area contributed by atoms with Gasteiger partial charge >= 0.3 is 0 Å². The Labute approximate surface area is 107 Å². The molecule has 0 aromatic heterocycles. The molecule has 3 N–H and O–H groups in total. The Morgan fingerprint density at radius 3 is 2.88 bits per heavy atom. The summed E-state index contributed by atoms with van der Waals surface area (Å²) in [5, 5.41) is 2.76. The molecule has 2 rings (SSSR count). The number of aryl methyl sites for hydroxylation is 1. The van der Waals surface area contributed by atoms with E-state index in [2.05, 4.69) is 32.1 Å². The summed E-state index contributed by atoms with van der Waals surface area (Å²) in [5.41, 5.74) is 6.79. The molecule has 1 aliphatic heterocycles. The average molecular weight is 298 g/mol. The Morgan fingerprint density at radius 2 is 2.29 bits per heavy atom. The molecule has 1 heterocycles. The van der Waals surface area contributed by atoms with Gasteiger partial charge < -0.3 is 5.32 Å². The Balaban J connectivity index is 2.03. The van der Waals surface area contributed by atoms with Gasteiger partial charge in [0.15, 0.2) is 0 Å². The van der Waals surface area contributed by atoms with E-state index < -0.39 is 6.04 Å². The first-order valence-electron chi connectivity index (χ1n) is 5.17. The summed E-state index contributed by atoms with van der Waals surface area (Å²) >= 11 is 3.39. The van der Waals surface area contributed by atoms with Gasteiger partial charge in [-0.2, -0.15) is 0 Å². The van der Waals surface area contributed by atoms with Crippen LogP contribution < -0.4 is 16.2 Å². The normalized spacial score (nSPS) is 18.9. The van der Waals surface area contributed by atoms with Crippen molar-refractivity contribution in [2.75, 3.05) is 5.32 Å². The fraction of sp³-hybridized carbons (Fsp3) is 0.273. The van der Waals surface area contributed by atoms with E-state index >= 15 is 0 Å². The predicted molar refractivity (Wildman–Crippen MR) is 67.2 cm³/mol. The first kappa shape index (κ1) is 12.1. The minimum Gasteiger partial charge on any atom is -0.325 e. The van der Waals surface area contributed by atoms with Crippen molar-refractivity contribution >= 4 is 33.4 Å². The minimum absolute atomic E-state index is 0.168. The Hall–Kier alpha value is -1.40. The molecule has 0 aliphatic carbocycles. The smallest absolute Gasteiger partial charge is 0.243 e. The van der Waals surface area contributed by atoms with Crippen LogP contribution in [0, 0.1) is 6.92 Å². The summed E-state index contributed by atoms with van der Waals surface area (Å²) in [6.45, 7) is 1.94. The van der Waals surface area contributed by atoms with Gasteiger partial charge in [0.05, 0.1) is 6.42 Å². The van der Waals surface area contributed by atoms with Gasteiger partial charge in [0, 0.05) is 10.2 Å². The number of carbonyl (C=O) groups excluding carboxylic acids is 2. The van der Waals surface area contributed by atoms with Crippen LogP contribution >= 0.6 is 15.9 Å². The van der Waals surface area contributed by atoms with Gasteiger partial charge in [-0.25, -0.2) is 5.43 Å². The second-order valence-electron chi connectivity index (χ2n) is 3.90. The predicted octanol–water partition coefficient (Wildman–Crippen LogP) is 1.09. The zero-order valence-corrected chi connectivity index (χ0v) is 10.8. The first-order valence-corrected chi connectivity index (χ1v) is 5.97. The molecule has 1 fully saturated rings. The molecule has 0 spiro atoms. The summed E-state index contributed by atoms with van der Waals surface area (Å²) < 4.78 is 0.992. The summed E-state index contributed by atoms with van der Waals surface area (Å²) in [6, 6.07) is 5.04. The molecule has 5 nitrogen and oxygen atoms in total. The largest absolute Gasteiger partial charge is 0.325 e. The average Bonchev–Trinajstić information content (AvgIpc) is 2.70. The highest BCUT2D eigenvalue weighted by Gasteiger charge is 2.27. The van der Waals surface area contributed by atoms with Gasteiger partial charge in [-0.05, 0) is 30.7 Å². The van der Waals surface area contributed by atoms with Crippen molar-refractivity contribution in [3.63, 3.8) is 0 Å². The molecular weight excluding hydrogens is 286 g/mol. The van der Waals surface area contributed by atoms with Crippen LogP contribution in [0.5, 0.6) is 0 Å². The van der Waals surface area contributed by atoms with Gasteiger partial charge in [-0.3, -0.25) is 15.0 Å². The van der Waals surface area contributed by atoms with E-state index in [4.69, 9.17) is 0 Å². The second-order valence-corrected chi connectivity index (χ2v) is 4.76. The van der Waals surface area contributed by atoms with E-state index in [9.17, 15) is 9.59 Å². The number of amides is 2. The van der Waals surface area contributed by atoms with Crippen LogP contribution in [0.2, 0.25) is 0 Å². The van der Waals surface area contributed by atoms with Gasteiger partial charge in [0.25, 0.3) is 0 Å². The summed E-state index contributed by atoms with van der Waals surface area (Å²) in [7, 11) is 0. The maximum Gasteiger partial charge on any atom is 0.243 e. The maximum atomic E-state index is 11.8. The number of carbonyl (C=O) groups is 2. The third-order valence-corrected chi connectivity index (χ3v) is 3.41. The van der Waals surface area contributed by atoms with Crippen LogP contribution in [-0.2, 0) is 9.59 Å². The van der Waals surface area contributed by atoms with Crippen LogP contribution in [0.15, 0.2) is 22.7 Å². The molecule has 1 unspecified atom stereocenters. The molecule has 1 aromatic carbocycles. The van der Waals surface area contributed by atoms with Crippen molar-refractivity contribution in [2.45, 2.75) is 19.4 Å². The Bertz CT molecular complexity index is 476. The molecule has 1 atom stereocenters. The lowest BCUT2D eigenvalue weighted by atomic mass is 10.2. The number of hydrogen-bond donors (Lipinski definition) is 3. The van der Waals surface area contributed by atoms with E-state index in [1.165, 1.54) is 0 Å². The lowest BCUT2D eigenvalue weighted by Gasteiger charge is -2.10. The lowest BCUT2D eigenvalue weighted by molar-refractivity contribution is -0.121. The van der Waals surface area contributed by atoms with Crippen molar-refractivity contribution in [2.24, 2.45) is 0 Å². The van der Waals surface area contributed by atoms with Crippen molar-refractivity contribution in [1.82, 2.24) is 10.9 Å². The standard InChI is InChI=1S/C11H12BrN3O2/c1-6-4-7(2-3-8(6)12)13-11(17)9-5-10(16)15-14-9/h2-4,9,14H,5H2,1H3,(H,13,17)(H,15,16). The Kier molecular flexibility index (Phi) is 3.44. The minimum atomic E-state index is -0.508. The SMILES string of the molecule is Cc1cc(NC(=O)C2CC(=O)NN2)ccc1Br. The van der Waals surface area contributed by atoms with Gasteiger partial charge in [-0.15, -0.1) is 0 Å². The molecule has 1 aliphatic rings. The van der Waals surface area contributed by atoms with E-state index in [1.54, 1.807) is 6.07 Å². The Morgan fingerprint density at radius 1 is 1.53 bits per heavy atom. The second kappa shape index (κ2) is 4.85. The monoisotopic (exact) mass is 297 g/mol. The number of benzene rings is 1. The highest BCUT2D eigenvalue weighted by Crippen LogP contribution is 2.20. The zero-order chi connectivity index (χ0) is 12.4. The van der Waals surface area contributed by atoms with Gasteiger partial charge in [-0.1, -0.05) is 15.9 Å². The molecule has 0 bridgehead atoms. The van der Waals surface area contributed by atoms with Crippen LogP contribution in [0.1, 0.15) is 12.0 Å². The molecule has 0 radical (unpaired) electrons. The van der Waals surface area contributed by atoms with Crippen LogP contribution in [-0.4, -0.2) is 17.9 Å². The summed E-state index contributed by atoms with van der Waals surface area (Å²) in [4.78, 5) is 22.7. The van der Waals surface area contributed by atoms with E-state index in [1.807, 2.05) is 19.1 Å². The van der Waals surface area contributed by atoms with E-state index in [-0.39, 0.29) is 18.2 Å². The molecule has 0 saturated carbocycles. The van der Waals surface area contributed by atoms with Crippen LogP contribution in [0.25, 0.3) is 0 Å². The number of rotatable bonds is 2. The quantitative estimate of drug-likeness (QED) is 0.765. The van der Waals surface area contributed by atoms with E-state index in [0.717, 1.165) is 15.7 Å². The molecule has 1 aromatic rings. The maximum absolute atomic E-state index is 11.8. The number of halogens is 1. The van der Waals surface area contributed by atoms with E-state index in [0.29, 0.717) is 0 Å². The number of hydrazine groups is 1. The number of anilines is 1. The van der Waals surface area contributed by atoms with Crippen molar-refractivity contribution in [3.05, 3.63) is 28.2 Å². The molecule has 17 heavy (non-hydrogen) atoms. The molecule has 6 heteroatoms.